The number of hydrogen-bond donors (Lipinski definition) is 0. The molecule has 0 aliphatic rings. The van der Waals surface area contributed by atoms with Gasteiger partial charge in [0, 0.05) is 5.92 Å². The van der Waals surface area contributed by atoms with Crippen LogP contribution >= 0.6 is 0 Å². The molecule has 0 nitrogen and oxygen atoms in total. The molecule has 23 heavy (non-hydrogen) atoms. The zero-order valence-electron chi connectivity index (χ0n) is 12.7. The van der Waals surface area contributed by atoms with Crippen molar-refractivity contribution in [3.8, 4) is 0 Å². The van der Waals surface area contributed by atoms with Crippen molar-refractivity contribution in [3.63, 3.8) is 0 Å². The van der Waals surface area contributed by atoms with Gasteiger partial charge in [0.25, 0.3) is 0 Å². The van der Waals surface area contributed by atoms with Gasteiger partial charge in [-0.3, -0.25) is 0 Å². The highest BCUT2D eigenvalue weighted by atomic mass is 14.1. The van der Waals surface area contributed by atoms with Gasteiger partial charge >= 0.3 is 0 Å². The first-order valence-corrected chi connectivity index (χ1v) is 7.39. The van der Waals surface area contributed by atoms with Crippen LogP contribution in [0.5, 0.6) is 0 Å². The third-order valence-electron chi connectivity index (χ3n) is 3.54. The van der Waals surface area contributed by atoms with Crippen molar-refractivity contribution in [2.24, 2.45) is 0 Å². The second-order valence-corrected chi connectivity index (χ2v) is 5.20. The summed E-state index contributed by atoms with van der Waals surface area (Å²) in [6.45, 7) is 4.32. The predicted octanol–water partition coefficient (Wildman–Crippen LogP) is 7.11. The van der Waals surface area contributed by atoms with Gasteiger partial charge in [0.05, 0.1) is 0 Å². The normalized spacial score (nSPS) is 9.00. The van der Waals surface area contributed by atoms with Crippen LogP contribution in [0, 0.1) is 6.92 Å². The average molecular weight is 306 g/mol. The van der Waals surface area contributed by atoms with E-state index < -0.39 is 0 Å². The molecule has 0 aliphatic carbocycles. The van der Waals surface area contributed by atoms with Crippen LogP contribution in [-0.4, -0.2) is 0 Å². The molecule has 0 spiro atoms. The summed E-state index contributed by atoms with van der Waals surface area (Å²) >= 11 is 0. The van der Waals surface area contributed by atoms with Crippen molar-refractivity contribution >= 4 is 0 Å². The smallest absolute Gasteiger partial charge is 0.00610 e. The molecule has 3 aromatic carbocycles. The Balaban J connectivity index is 0.000000463. The molecule has 0 saturated heterocycles. The SMILES string of the molecule is C.C.CC(c1ccccc1)c1ccccc1.Cc1ccccc1. The molecule has 0 amide bonds. The molecule has 0 atom stereocenters. The van der Waals surface area contributed by atoms with Gasteiger partial charge in [-0.2, -0.15) is 0 Å². The fraction of sp³-hybridized carbons (Fsp3) is 0.217. The summed E-state index contributed by atoms with van der Waals surface area (Å²) in [5, 5.41) is 0. The van der Waals surface area contributed by atoms with Crippen molar-refractivity contribution in [1.82, 2.24) is 0 Å². The van der Waals surface area contributed by atoms with Gasteiger partial charge in [-0.15, -0.1) is 0 Å². The molecule has 0 N–H and O–H groups in total. The second kappa shape index (κ2) is 11.3. The Morgan fingerprint density at radius 2 is 0.826 bits per heavy atom. The molecule has 0 heteroatoms. The number of benzene rings is 3. The second-order valence-electron chi connectivity index (χ2n) is 5.20. The van der Waals surface area contributed by atoms with Crippen molar-refractivity contribution in [2.75, 3.05) is 0 Å². The molecule has 0 bridgehead atoms. The summed E-state index contributed by atoms with van der Waals surface area (Å²) in [6, 6.07) is 31.5. The van der Waals surface area contributed by atoms with E-state index in [-0.39, 0.29) is 14.9 Å². The number of aryl methyl sites for hydroxylation is 1. The maximum absolute atomic E-state index is 2.24. The van der Waals surface area contributed by atoms with Crippen molar-refractivity contribution < 1.29 is 0 Å². The standard InChI is InChI=1S/C14H14.C7H8.2CH4/c1-12(13-8-4-2-5-9-13)14-10-6-3-7-11-14;1-7-5-3-2-4-6-7;;/h2-12H,1H3;2-6H,1H3;2*1H4. The summed E-state index contributed by atoms with van der Waals surface area (Å²) in [5.74, 6) is 0.484. The lowest BCUT2D eigenvalue weighted by Crippen LogP contribution is -1.94. The fourth-order valence-corrected chi connectivity index (χ4v) is 2.21. The molecule has 0 aromatic heterocycles. The number of hydrogen-bond acceptors (Lipinski definition) is 0. The van der Waals surface area contributed by atoms with Gasteiger partial charge in [0.15, 0.2) is 0 Å². The minimum absolute atomic E-state index is 0. The average Bonchev–Trinajstić information content (AvgIpc) is 2.57. The Hall–Kier alpha value is -2.34. The quantitative estimate of drug-likeness (QED) is 0.473. The molecule has 3 rings (SSSR count). The lowest BCUT2D eigenvalue weighted by atomic mass is 9.93. The van der Waals surface area contributed by atoms with Crippen LogP contribution in [0.3, 0.4) is 0 Å². The van der Waals surface area contributed by atoms with Crippen LogP contribution in [0.4, 0.5) is 0 Å². The lowest BCUT2D eigenvalue weighted by molar-refractivity contribution is 0.922. The monoisotopic (exact) mass is 306 g/mol. The van der Waals surface area contributed by atoms with Crippen molar-refractivity contribution in [1.29, 1.82) is 0 Å². The summed E-state index contributed by atoms with van der Waals surface area (Å²) in [7, 11) is 0. The van der Waals surface area contributed by atoms with Crippen LogP contribution in [0.15, 0.2) is 91.0 Å². The van der Waals surface area contributed by atoms with Crippen LogP contribution in [0.25, 0.3) is 0 Å². The largest absolute Gasteiger partial charge is 0.0776 e. The highest BCUT2D eigenvalue weighted by molar-refractivity contribution is 5.31. The highest BCUT2D eigenvalue weighted by Gasteiger charge is 2.05. The Bertz CT molecular complexity index is 572. The fourth-order valence-electron chi connectivity index (χ4n) is 2.21. The zero-order valence-corrected chi connectivity index (χ0v) is 12.7. The summed E-state index contributed by atoms with van der Waals surface area (Å²) in [4.78, 5) is 0. The van der Waals surface area contributed by atoms with E-state index in [9.17, 15) is 0 Å². The minimum atomic E-state index is 0. The summed E-state index contributed by atoms with van der Waals surface area (Å²) < 4.78 is 0. The summed E-state index contributed by atoms with van der Waals surface area (Å²) in [6.07, 6.45) is 0. The van der Waals surface area contributed by atoms with E-state index in [1.807, 2.05) is 18.2 Å². The van der Waals surface area contributed by atoms with Crippen LogP contribution in [0.1, 0.15) is 44.4 Å². The predicted molar refractivity (Wildman–Crippen MR) is 105 cm³/mol. The molecule has 122 valence electrons. The van der Waals surface area contributed by atoms with Crippen LogP contribution in [-0.2, 0) is 0 Å². The third kappa shape index (κ3) is 6.97. The van der Waals surface area contributed by atoms with Crippen LogP contribution in [0.2, 0.25) is 0 Å². The molecule has 0 heterocycles. The van der Waals surface area contributed by atoms with Gasteiger partial charge in [-0.1, -0.05) is 118 Å². The van der Waals surface area contributed by atoms with E-state index in [1.165, 1.54) is 16.7 Å². The molecular formula is C23H30. The molecule has 0 radical (unpaired) electrons. The maximum Gasteiger partial charge on any atom is 0.00610 e. The Labute approximate surface area is 142 Å². The highest BCUT2D eigenvalue weighted by Crippen LogP contribution is 2.22. The first-order chi connectivity index (χ1) is 10.3. The molecular weight excluding hydrogens is 276 g/mol. The van der Waals surface area contributed by atoms with Gasteiger partial charge in [0.2, 0.25) is 0 Å². The van der Waals surface area contributed by atoms with E-state index >= 15 is 0 Å². The zero-order chi connectivity index (χ0) is 14.9. The lowest BCUT2D eigenvalue weighted by Gasteiger charge is -2.11. The molecule has 0 saturated carbocycles. The van der Waals surface area contributed by atoms with Gasteiger partial charge in [-0.05, 0) is 18.1 Å². The Morgan fingerprint density at radius 1 is 0.522 bits per heavy atom. The Morgan fingerprint density at radius 3 is 1.09 bits per heavy atom. The van der Waals surface area contributed by atoms with Gasteiger partial charge < -0.3 is 0 Å². The first-order valence-electron chi connectivity index (χ1n) is 7.39. The maximum atomic E-state index is 2.24. The van der Waals surface area contributed by atoms with E-state index in [0.717, 1.165) is 0 Å². The van der Waals surface area contributed by atoms with E-state index in [2.05, 4.69) is 86.6 Å². The van der Waals surface area contributed by atoms with Gasteiger partial charge in [0.1, 0.15) is 0 Å². The minimum Gasteiger partial charge on any atom is -0.0776 e. The Kier molecular flexibility index (Phi) is 10.1. The van der Waals surface area contributed by atoms with Crippen molar-refractivity contribution in [2.45, 2.75) is 34.6 Å². The number of rotatable bonds is 2. The van der Waals surface area contributed by atoms with Crippen LogP contribution < -0.4 is 0 Å². The molecule has 0 aliphatic heterocycles. The summed E-state index contributed by atoms with van der Waals surface area (Å²) in [5.41, 5.74) is 4.07. The first kappa shape index (κ1) is 20.7. The van der Waals surface area contributed by atoms with E-state index in [1.54, 1.807) is 0 Å². The van der Waals surface area contributed by atoms with E-state index in [4.69, 9.17) is 0 Å². The molecule has 0 unspecified atom stereocenters. The van der Waals surface area contributed by atoms with Crippen molar-refractivity contribution in [3.05, 3.63) is 108 Å². The topological polar surface area (TPSA) is 0 Å². The van der Waals surface area contributed by atoms with Gasteiger partial charge in [-0.25, -0.2) is 0 Å². The third-order valence-corrected chi connectivity index (χ3v) is 3.54. The molecule has 0 fully saturated rings. The van der Waals surface area contributed by atoms with E-state index in [0.29, 0.717) is 5.92 Å². The molecule has 3 aromatic rings.